The number of ether oxygens (including phenoxy) is 2. The van der Waals surface area contributed by atoms with Crippen LogP contribution in [0, 0.1) is 0 Å². The molecule has 0 bridgehead atoms. The van der Waals surface area contributed by atoms with Crippen molar-refractivity contribution in [2.24, 2.45) is 0 Å². The molecule has 0 fully saturated rings. The maximum absolute atomic E-state index is 11.8. The van der Waals surface area contributed by atoms with E-state index in [4.69, 9.17) is 13.9 Å². The molecule has 0 saturated heterocycles. The maximum Gasteiger partial charge on any atom is 0.244 e. The number of benzene rings is 2. The average molecular weight is 338 g/mol. The Balaban J connectivity index is 1.42. The highest BCUT2D eigenvalue weighted by atomic mass is 16.5. The molecule has 1 amide bonds. The summed E-state index contributed by atoms with van der Waals surface area (Å²) in [5.74, 6) is 1.65. The number of fused-ring (bicyclic) bond motifs is 1. The summed E-state index contributed by atoms with van der Waals surface area (Å²) in [4.78, 5) is 16.1. The minimum Gasteiger partial charge on any atom is -0.497 e. The van der Waals surface area contributed by atoms with Crippen molar-refractivity contribution in [2.75, 3.05) is 20.3 Å². The molecule has 25 heavy (non-hydrogen) atoms. The molecule has 0 unspecified atom stereocenters. The number of rotatable bonds is 7. The lowest BCUT2D eigenvalue weighted by molar-refractivity contribution is -0.116. The zero-order chi connectivity index (χ0) is 17.5. The van der Waals surface area contributed by atoms with Gasteiger partial charge in [-0.1, -0.05) is 12.1 Å². The van der Waals surface area contributed by atoms with Gasteiger partial charge in [0.1, 0.15) is 23.6 Å². The predicted molar refractivity (Wildman–Crippen MR) is 94.5 cm³/mol. The molecule has 1 aromatic heterocycles. The number of para-hydroxylation sites is 2. The first kappa shape index (κ1) is 16.6. The molecule has 2 aromatic carbocycles. The molecule has 0 radical (unpaired) electrons. The summed E-state index contributed by atoms with van der Waals surface area (Å²) in [7, 11) is 1.61. The Hall–Kier alpha value is -3.28. The van der Waals surface area contributed by atoms with Gasteiger partial charge in [-0.2, -0.15) is 0 Å². The van der Waals surface area contributed by atoms with Gasteiger partial charge < -0.3 is 19.2 Å². The Morgan fingerprint density at radius 1 is 1.16 bits per heavy atom. The number of nitrogens with one attached hydrogen (secondary N) is 1. The molecule has 0 spiro atoms. The Labute approximate surface area is 145 Å². The number of carbonyl (C=O) groups is 1. The minimum absolute atomic E-state index is 0.236. The molecule has 0 aliphatic rings. The van der Waals surface area contributed by atoms with Crippen LogP contribution in [-0.4, -0.2) is 31.2 Å². The smallest absolute Gasteiger partial charge is 0.244 e. The molecule has 0 aliphatic heterocycles. The van der Waals surface area contributed by atoms with Crippen LogP contribution in [0.25, 0.3) is 17.2 Å². The molecule has 3 aromatic rings. The number of nitrogens with zero attached hydrogens (tertiary/aromatic N) is 1. The summed E-state index contributed by atoms with van der Waals surface area (Å²) in [6.45, 7) is 0.761. The third-order valence-corrected chi connectivity index (χ3v) is 3.42. The second-order valence-corrected chi connectivity index (χ2v) is 5.17. The first-order chi connectivity index (χ1) is 12.2. The number of oxazole rings is 1. The van der Waals surface area contributed by atoms with Gasteiger partial charge in [-0.3, -0.25) is 4.79 Å². The van der Waals surface area contributed by atoms with E-state index in [2.05, 4.69) is 10.3 Å². The minimum atomic E-state index is -0.236. The highest BCUT2D eigenvalue weighted by Gasteiger charge is 2.02. The normalized spacial score (nSPS) is 10.9. The lowest BCUT2D eigenvalue weighted by atomic mass is 10.3. The van der Waals surface area contributed by atoms with E-state index in [0.717, 1.165) is 17.0 Å². The van der Waals surface area contributed by atoms with Crippen LogP contribution in [0.15, 0.2) is 59.0 Å². The van der Waals surface area contributed by atoms with E-state index < -0.39 is 0 Å². The van der Waals surface area contributed by atoms with E-state index in [0.29, 0.717) is 24.6 Å². The van der Waals surface area contributed by atoms with Crippen LogP contribution in [0.3, 0.4) is 0 Å². The van der Waals surface area contributed by atoms with E-state index in [-0.39, 0.29) is 5.91 Å². The molecule has 6 nitrogen and oxygen atoms in total. The van der Waals surface area contributed by atoms with E-state index in [1.165, 1.54) is 6.08 Å². The third-order valence-electron chi connectivity index (χ3n) is 3.42. The topological polar surface area (TPSA) is 73.6 Å². The van der Waals surface area contributed by atoms with Gasteiger partial charge >= 0.3 is 0 Å². The van der Waals surface area contributed by atoms with Crippen LogP contribution < -0.4 is 14.8 Å². The fourth-order valence-electron chi connectivity index (χ4n) is 2.18. The number of aromatic nitrogens is 1. The number of hydrogen-bond acceptors (Lipinski definition) is 5. The highest BCUT2D eigenvalue weighted by Crippen LogP contribution is 2.17. The lowest BCUT2D eigenvalue weighted by Gasteiger charge is -2.07. The molecule has 0 aliphatic carbocycles. The van der Waals surface area contributed by atoms with Crippen LogP contribution >= 0.6 is 0 Å². The zero-order valence-corrected chi connectivity index (χ0v) is 13.8. The largest absolute Gasteiger partial charge is 0.497 e. The van der Waals surface area contributed by atoms with Gasteiger partial charge in [-0.25, -0.2) is 4.98 Å². The molecular weight excluding hydrogens is 320 g/mol. The average Bonchev–Trinajstić information content (AvgIpc) is 3.07. The Morgan fingerprint density at radius 3 is 2.68 bits per heavy atom. The van der Waals surface area contributed by atoms with Crippen molar-refractivity contribution in [3.05, 3.63) is 60.5 Å². The van der Waals surface area contributed by atoms with Crippen LogP contribution in [0.1, 0.15) is 5.89 Å². The van der Waals surface area contributed by atoms with Gasteiger partial charge in [-0.05, 0) is 36.4 Å². The van der Waals surface area contributed by atoms with Crippen molar-refractivity contribution in [2.45, 2.75) is 0 Å². The van der Waals surface area contributed by atoms with E-state index >= 15 is 0 Å². The van der Waals surface area contributed by atoms with E-state index in [1.807, 2.05) is 48.5 Å². The molecular formula is C19H18N2O4. The monoisotopic (exact) mass is 338 g/mol. The Kier molecular flexibility index (Phi) is 5.31. The van der Waals surface area contributed by atoms with Crippen molar-refractivity contribution in [3.8, 4) is 11.5 Å². The zero-order valence-electron chi connectivity index (χ0n) is 13.8. The SMILES string of the molecule is COc1ccc(OCCNC(=O)/C=C/c2nc3ccccc3o2)cc1. The first-order valence-corrected chi connectivity index (χ1v) is 7.83. The van der Waals surface area contributed by atoms with Gasteiger partial charge in [-0.15, -0.1) is 0 Å². The molecule has 128 valence electrons. The number of hydrogen-bond donors (Lipinski definition) is 1. The fourth-order valence-corrected chi connectivity index (χ4v) is 2.18. The van der Waals surface area contributed by atoms with Crippen molar-refractivity contribution in [3.63, 3.8) is 0 Å². The molecule has 0 saturated carbocycles. The van der Waals surface area contributed by atoms with Gasteiger partial charge in [0.15, 0.2) is 5.58 Å². The van der Waals surface area contributed by atoms with Crippen LogP contribution in [0.5, 0.6) is 11.5 Å². The second kappa shape index (κ2) is 8.01. The number of amides is 1. The first-order valence-electron chi connectivity index (χ1n) is 7.83. The van der Waals surface area contributed by atoms with Crippen LogP contribution in [0.2, 0.25) is 0 Å². The van der Waals surface area contributed by atoms with Gasteiger partial charge in [0.05, 0.1) is 13.7 Å². The number of methoxy groups -OCH3 is 1. The third kappa shape index (κ3) is 4.60. The molecule has 0 atom stereocenters. The van der Waals surface area contributed by atoms with E-state index in [1.54, 1.807) is 13.2 Å². The molecule has 3 rings (SSSR count). The quantitative estimate of drug-likeness (QED) is 0.529. The summed E-state index contributed by atoms with van der Waals surface area (Å²) < 4.78 is 16.1. The van der Waals surface area contributed by atoms with Crippen molar-refractivity contribution in [1.29, 1.82) is 0 Å². The lowest BCUT2D eigenvalue weighted by Crippen LogP contribution is -2.26. The van der Waals surface area contributed by atoms with Gasteiger partial charge in [0.2, 0.25) is 11.8 Å². The molecule has 6 heteroatoms. The van der Waals surface area contributed by atoms with Gasteiger partial charge in [0.25, 0.3) is 0 Å². The highest BCUT2D eigenvalue weighted by molar-refractivity contribution is 5.91. The van der Waals surface area contributed by atoms with Crippen molar-refractivity contribution >= 4 is 23.1 Å². The predicted octanol–water partition coefficient (Wildman–Crippen LogP) is 3.04. The Morgan fingerprint density at radius 2 is 1.92 bits per heavy atom. The van der Waals surface area contributed by atoms with Crippen LogP contribution in [0.4, 0.5) is 0 Å². The Bertz CT molecular complexity index is 836. The fraction of sp³-hybridized carbons (Fsp3) is 0.158. The number of carbonyl (C=O) groups excluding carboxylic acids is 1. The standard InChI is InChI=1S/C19H18N2O4/c1-23-14-6-8-15(9-7-14)24-13-12-20-18(22)10-11-19-21-16-4-2-3-5-17(16)25-19/h2-11H,12-13H2,1H3,(H,20,22)/b11-10+. The van der Waals surface area contributed by atoms with E-state index in [9.17, 15) is 4.79 Å². The molecule has 1 heterocycles. The van der Waals surface area contributed by atoms with Gasteiger partial charge in [0, 0.05) is 12.2 Å². The summed E-state index contributed by atoms with van der Waals surface area (Å²) >= 11 is 0. The summed E-state index contributed by atoms with van der Waals surface area (Å²) in [6.07, 6.45) is 2.93. The summed E-state index contributed by atoms with van der Waals surface area (Å²) in [5, 5.41) is 2.73. The van der Waals surface area contributed by atoms with Crippen LogP contribution in [-0.2, 0) is 4.79 Å². The summed E-state index contributed by atoms with van der Waals surface area (Å²) in [6, 6.07) is 14.7. The van der Waals surface area contributed by atoms with Crippen molar-refractivity contribution in [1.82, 2.24) is 10.3 Å². The summed E-state index contributed by atoms with van der Waals surface area (Å²) in [5.41, 5.74) is 1.45. The van der Waals surface area contributed by atoms with Crippen molar-refractivity contribution < 1.29 is 18.7 Å². The maximum atomic E-state index is 11.8. The second-order valence-electron chi connectivity index (χ2n) is 5.17. The molecule has 1 N–H and O–H groups in total.